The van der Waals surface area contributed by atoms with Crippen LogP contribution in [0.5, 0.6) is 0 Å². The first kappa shape index (κ1) is 14.5. The van der Waals surface area contributed by atoms with Crippen LogP contribution in [0, 0.1) is 5.41 Å². The lowest BCUT2D eigenvalue weighted by molar-refractivity contribution is 0.223. The minimum atomic E-state index is 0.378. The second-order valence-electron chi connectivity index (χ2n) is 6.96. The van der Waals surface area contributed by atoms with Gasteiger partial charge in [0.15, 0.2) is 0 Å². The lowest BCUT2D eigenvalue weighted by Gasteiger charge is -2.28. The van der Waals surface area contributed by atoms with E-state index in [1.807, 2.05) is 0 Å². The van der Waals surface area contributed by atoms with Crippen molar-refractivity contribution in [1.82, 2.24) is 4.90 Å². The number of nitrogens with two attached hydrogens (primary N) is 1. The van der Waals surface area contributed by atoms with E-state index in [0.717, 1.165) is 6.54 Å². The van der Waals surface area contributed by atoms with Crippen LogP contribution in [0.25, 0.3) is 0 Å². The average molecular weight is 260 g/mol. The lowest BCUT2D eigenvalue weighted by Crippen LogP contribution is -2.33. The molecule has 0 aromatic heterocycles. The first-order valence-corrected chi connectivity index (χ1v) is 7.47. The van der Waals surface area contributed by atoms with Crippen LogP contribution in [0.15, 0.2) is 24.3 Å². The molecule has 0 aliphatic carbocycles. The Labute approximate surface area is 118 Å². The van der Waals surface area contributed by atoms with Crippen molar-refractivity contribution in [1.29, 1.82) is 0 Å². The molecule has 1 aliphatic rings. The summed E-state index contributed by atoms with van der Waals surface area (Å²) in [6.45, 7) is 12.2. The van der Waals surface area contributed by atoms with E-state index in [4.69, 9.17) is 5.73 Å². The summed E-state index contributed by atoms with van der Waals surface area (Å²) in [7, 11) is 0. The summed E-state index contributed by atoms with van der Waals surface area (Å²) in [5, 5.41) is 0. The van der Waals surface area contributed by atoms with Gasteiger partial charge in [-0.05, 0) is 35.4 Å². The second-order valence-corrected chi connectivity index (χ2v) is 6.96. The summed E-state index contributed by atoms with van der Waals surface area (Å²) in [6, 6.07) is 9.41. The molecule has 1 aromatic carbocycles. The van der Waals surface area contributed by atoms with Crippen molar-refractivity contribution in [3.05, 3.63) is 35.4 Å². The Bertz CT molecular complexity index is 406. The highest BCUT2D eigenvalue weighted by Crippen LogP contribution is 2.34. The molecule has 2 heteroatoms. The third-order valence-electron chi connectivity index (χ3n) is 4.36. The topological polar surface area (TPSA) is 29.3 Å². The van der Waals surface area contributed by atoms with Gasteiger partial charge in [0.25, 0.3) is 0 Å². The van der Waals surface area contributed by atoms with Crippen molar-refractivity contribution in [3.63, 3.8) is 0 Å². The molecule has 1 fully saturated rings. The summed E-state index contributed by atoms with van der Waals surface area (Å²) in [6.07, 6.45) is 1.27. The van der Waals surface area contributed by atoms with E-state index in [1.54, 1.807) is 0 Å². The van der Waals surface area contributed by atoms with Crippen LogP contribution in [-0.2, 0) is 0 Å². The second kappa shape index (κ2) is 5.64. The summed E-state index contributed by atoms with van der Waals surface area (Å²) in [4.78, 5) is 2.55. The molecule has 0 bridgehead atoms. The van der Waals surface area contributed by atoms with Crippen LogP contribution >= 0.6 is 0 Å². The molecular formula is C17H28N2. The van der Waals surface area contributed by atoms with E-state index in [2.05, 4.69) is 56.9 Å². The molecule has 2 rings (SSSR count). The van der Waals surface area contributed by atoms with Crippen molar-refractivity contribution in [2.45, 2.75) is 46.1 Å². The zero-order valence-electron chi connectivity index (χ0n) is 12.8. The minimum Gasteiger partial charge on any atom is -0.329 e. The van der Waals surface area contributed by atoms with Gasteiger partial charge in [-0.15, -0.1) is 0 Å². The van der Waals surface area contributed by atoms with E-state index < -0.39 is 0 Å². The van der Waals surface area contributed by atoms with Gasteiger partial charge in [0.05, 0.1) is 0 Å². The highest BCUT2D eigenvalue weighted by atomic mass is 15.2. The van der Waals surface area contributed by atoms with E-state index in [9.17, 15) is 0 Å². The molecule has 1 aromatic rings. The third kappa shape index (κ3) is 3.37. The van der Waals surface area contributed by atoms with Crippen LogP contribution in [0.1, 0.15) is 57.2 Å². The molecule has 2 nitrogen and oxygen atoms in total. The van der Waals surface area contributed by atoms with Gasteiger partial charge in [0, 0.05) is 19.1 Å². The third-order valence-corrected chi connectivity index (χ3v) is 4.36. The number of rotatable bonds is 4. The van der Waals surface area contributed by atoms with Crippen LogP contribution in [0.3, 0.4) is 0 Å². The van der Waals surface area contributed by atoms with E-state index in [1.165, 1.54) is 24.1 Å². The molecule has 1 atom stereocenters. The Morgan fingerprint density at radius 1 is 1.16 bits per heavy atom. The Hall–Kier alpha value is -0.860. The van der Waals surface area contributed by atoms with Gasteiger partial charge in [-0.3, -0.25) is 4.90 Å². The number of nitrogens with zero attached hydrogens (tertiary/aromatic N) is 1. The Morgan fingerprint density at radius 3 is 2.16 bits per heavy atom. The van der Waals surface area contributed by atoms with Crippen molar-refractivity contribution >= 4 is 0 Å². The van der Waals surface area contributed by atoms with Gasteiger partial charge >= 0.3 is 0 Å². The zero-order chi connectivity index (χ0) is 14.0. The molecule has 0 radical (unpaired) electrons. The highest BCUT2D eigenvalue weighted by molar-refractivity contribution is 5.27. The summed E-state index contributed by atoms with van der Waals surface area (Å²) in [5.74, 6) is 0.594. The van der Waals surface area contributed by atoms with Gasteiger partial charge in [0.2, 0.25) is 0 Å². The van der Waals surface area contributed by atoms with Gasteiger partial charge in [-0.25, -0.2) is 0 Å². The monoisotopic (exact) mass is 260 g/mol. The minimum absolute atomic E-state index is 0.378. The molecule has 1 aliphatic heterocycles. The van der Waals surface area contributed by atoms with Crippen molar-refractivity contribution in [2.24, 2.45) is 11.1 Å². The normalized spacial score (nSPS) is 20.9. The maximum Gasteiger partial charge on any atom is 0.0470 e. The molecule has 0 saturated carbocycles. The molecule has 0 spiro atoms. The van der Waals surface area contributed by atoms with Crippen molar-refractivity contribution in [3.8, 4) is 0 Å². The van der Waals surface area contributed by atoms with Gasteiger partial charge < -0.3 is 5.73 Å². The molecule has 1 heterocycles. The fraction of sp³-hybridized carbons (Fsp3) is 0.647. The first-order chi connectivity index (χ1) is 8.93. The van der Waals surface area contributed by atoms with Gasteiger partial charge in [0.1, 0.15) is 0 Å². The maximum atomic E-state index is 6.03. The molecule has 106 valence electrons. The summed E-state index contributed by atoms with van der Waals surface area (Å²) >= 11 is 0. The van der Waals surface area contributed by atoms with E-state index in [0.29, 0.717) is 23.9 Å². The number of benzene rings is 1. The van der Waals surface area contributed by atoms with Crippen molar-refractivity contribution in [2.75, 3.05) is 19.6 Å². The average Bonchev–Trinajstić information content (AvgIpc) is 2.71. The molecule has 1 saturated heterocycles. The maximum absolute atomic E-state index is 6.03. The predicted octanol–water partition coefficient (Wildman–Crippen LogP) is 3.54. The molecular weight excluding hydrogens is 232 g/mol. The molecule has 19 heavy (non-hydrogen) atoms. The van der Waals surface area contributed by atoms with Crippen LogP contribution in [0.4, 0.5) is 0 Å². The lowest BCUT2D eigenvalue weighted by atomic mass is 9.93. The summed E-state index contributed by atoms with van der Waals surface area (Å²) < 4.78 is 0. The standard InChI is InChI=1S/C17H28N2/c1-13(2)14-5-7-15(8-6-14)16(11-18)19-10-9-17(3,4)12-19/h5-8,13,16H,9-12,18H2,1-4H3. The Kier molecular flexibility index (Phi) is 4.32. The fourth-order valence-corrected chi connectivity index (χ4v) is 3.02. The smallest absolute Gasteiger partial charge is 0.0470 e. The van der Waals surface area contributed by atoms with Gasteiger partial charge in [-0.2, -0.15) is 0 Å². The number of hydrogen-bond donors (Lipinski definition) is 1. The van der Waals surface area contributed by atoms with E-state index >= 15 is 0 Å². The van der Waals surface area contributed by atoms with Gasteiger partial charge in [-0.1, -0.05) is 52.0 Å². The van der Waals surface area contributed by atoms with Crippen LogP contribution < -0.4 is 5.73 Å². The number of likely N-dealkylation sites (tertiary alicyclic amines) is 1. The van der Waals surface area contributed by atoms with Crippen LogP contribution in [-0.4, -0.2) is 24.5 Å². The molecule has 0 amide bonds. The van der Waals surface area contributed by atoms with E-state index in [-0.39, 0.29) is 0 Å². The SMILES string of the molecule is CC(C)c1ccc(C(CN)N2CCC(C)(C)C2)cc1. The zero-order valence-corrected chi connectivity index (χ0v) is 12.8. The Balaban J connectivity index is 2.14. The molecule has 1 unspecified atom stereocenters. The summed E-state index contributed by atoms with van der Waals surface area (Å²) in [5.41, 5.74) is 9.23. The Morgan fingerprint density at radius 2 is 1.74 bits per heavy atom. The first-order valence-electron chi connectivity index (χ1n) is 7.47. The van der Waals surface area contributed by atoms with Crippen molar-refractivity contribution < 1.29 is 0 Å². The largest absolute Gasteiger partial charge is 0.329 e. The highest BCUT2D eigenvalue weighted by Gasteiger charge is 2.33. The fourth-order valence-electron chi connectivity index (χ4n) is 3.02. The molecule has 2 N–H and O–H groups in total. The number of hydrogen-bond acceptors (Lipinski definition) is 2. The predicted molar refractivity (Wildman–Crippen MR) is 82.3 cm³/mol. The quantitative estimate of drug-likeness (QED) is 0.897. The van der Waals surface area contributed by atoms with Crippen LogP contribution in [0.2, 0.25) is 0 Å².